The van der Waals surface area contributed by atoms with Crippen LogP contribution >= 0.6 is 0 Å². The van der Waals surface area contributed by atoms with E-state index in [0.717, 1.165) is 32.1 Å². The number of fused-ring (bicyclic) bond motifs is 5. The van der Waals surface area contributed by atoms with Crippen molar-refractivity contribution in [3.05, 3.63) is 0 Å². The molecular formula is C26H46O9S. The van der Waals surface area contributed by atoms with Gasteiger partial charge in [0, 0.05) is 0 Å². The highest BCUT2D eigenvalue weighted by atomic mass is 32.3. The summed E-state index contributed by atoms with van der Waals surface area (Å²) < 4.78 is 35.3. The molecule has 0 saturated heterocycles. The Kier molecular flexibility index (Phi) is 8.23. The van der Waals surface area contributed by atoms with Crippen LogP contribution in [-0.2, 0) is 14.6 Å². The molecule has 0 aliphatic heterocycles. The van der Waals surface area contributed by atoms with Gasteiger partial charge in [-0.1, -0.05) is 20.8 Å². The van der Waals surface area contributed by atoms with Gasteiger partial charge in [0.15, 0.2) is 0 Å². The Balaban J connectivity index is 1.48. The Morgan fingerprint density at radius 1 is 1.00 bits per heavy atom. The number of aliphatic hydroxyl groups excluding tert-OH is 5. The number of aliphatic hydroxyl groups is 5. The first-order valence-corrected chi connectivity index (χ1v) is 15.1. The molecule has 4 aliphatic rings. The average molecular weight is 535 g/mol. The standard InChI is InChI=1S/C26H46O9S/c1-14(4-7-20(29)22(13-27)35-36(32,33)34)17-5-6-18-24-19(12-23(31)26(17,18)3)25(2)9-8-16(28)10-15(25)11-21(24)30/h14-24,27-31H,4-13H2,1-3H3,(H,32,33,34)/t14-,15?,16-,17?,18?,19?,20-,21?,22-,23+,24?,25+,26-/m1/s1. The third-order valence-electron chi connectivity index (χ3n) is 11.3. The minimum Gasteiger partial charge on any atom is -0.394 e. The molecule has 10 heteroatoms. The van der Waals surface area contributed by atoms with Gasteiger partial charge in [-0.2, -0.15) is 8.42 Å². The zero-order chi connectivity index (χ0) is 26.6. The van der Waals surface area contributed by atoms with E-state index in [0.29, 0.717) is 19.3 Å². The second-order valence-electron chi connectivity index (χ2n) is 12.9. The zero-order valence-electron chi connectivity index (χ0n) is 21.7. The van der Waals surface area contributed by atoms with Crippen molar-refractivity contribution in [1.29, 1.82) is 0 Å². The quantitative estimate of drug-likeness (QED) is 0.255. The average Bonchev–Trinajstić information content (AvgIpc) is 3.15. The van der Waals surface area contributed by atoms with Gasteiger partial charge in [0.1, 0.15) is 6.10 Å². The Hall–Kier alpha value is -0.330. The van der Waals surface area contributed by atoms with Gasteiger partial charge in [-0.3, -0.25) is 4.55 Å². The van der Waals surface area contributed by atoms with E-state index in [1.165, 1.54) is 0 Å². The maximum Gasteiger partial charge on any atom is 0.397 e. The van der Waals surface area contributed by atoms with Gasteiger partial charge in [0.05, 0.1) is 31.0 Å². The van der Waals surface area contributed by atoms with Crippen LogP contribution in [0.5, 0.6) is 0 Å². The van der Waals surface area contributed by atoms with E-state index in [2.05, 4.69) is 25.0 Å². The van der Waals surface area contributed by atoms with E-state index < -0.39 is 41.4 Å². The number of hydrogen-bond donors (Lipinski definition) is 6. The summed E-state index contributed by atoms with van der Waals surface area (Å²) in [5, 5.41) is 53.1. The van der Waals surface area contributed by atoms with Gasteiger partial charge in [-0.25, -0.2) is 4.18 Å². The minimum atomic E-state index is -4.79. The summed E-state index contributed by atoms with van der Waals surface area (Å²) >= 11 is 0. The lowest BCUT2D eigenvalue weighted by atomic mass is 9.43. The van der Waals surface area contributed by atoms with Crippen molar-refractivity contribution in [3.63, 3.8) is 0 Å². The van der Waals surface area contributed by atoms with Crippen LogP contribution in [-0.4, -0.2) is 75.6 Å². The van der Waals surface area contributed by atoms with Crippen molar-refractivity contribution < 1.29 is 42.7 Å². The fourth-order valence-corrected chi connectivity index (χ4v) is 9.83. The van der Waals surface area contributed by atoms with Crippen molar-refractivity contribution >= 4 is 10.4 Å². The molecule has 0 radical (unpaired) electrons. The van der Waals surface area contributed by atoms with Gasteiger partial charge < -0.3 is 25.5 Å². The first-order valence-electron chi connectivity index (χ1n) is 13.7. The summed E-state index contributed by atoms with van der Waals surface area (Å²) in [6.45, 7) is 5.81. The van der Waals surface area contributed by atoms with E-state index in [4.69, 9.17) is 4.55 Å². The number of hydrogen-bond acceptors (Lipinski definition) is 8. The normalized spacial score (nSPS) is 47.4. The molecule has 0 aromatic rings. The van der Waals surface area contributed by atoms with Gasteiger partial charge in [-0.05, 0) is 104 Å². The third kappa shape index (κ3) is 5.01. The molecule has 4 fully saturated rings. The highest BCUT2D eigenvalue weighted by molar-refractivity contribution is 7.80. The fourth-order valence-electron chi connectivity index (χ4n) is 9.32. The summed E-state index contributed by atoms with van der Waals surface area (Å²) in [4.78, 5) is 0. The highest BCUT2D eigenvalue weighted by Gasteiger charge is 2.65. The smallest absolute Gasteiger partial charge is 0.394 e. The molecule has 0 heterocycles. The monoisotopic (exact) mass is 534 g/mol. The van der Waals surface area contributed by atoms with Crippen LogP contribution in [0.15, 0.2) is 0 Å². The molecule has 210 valence electrons. The second kappa shape index (κ2) is 10.3. The number of rotatable bonds is 8. The van der Waals surface area contributed by atoms with Crippen LogP contribution in [0.2, 0.25) is 0 Å². The summed E-state index contributed by atoms with van der Waals surface area (Å²) in [5.74, 6) is 1.10. The second-order valence-corrected chi connectivity index (χ2v) is 13.9. The van der Waals surface area contributed by atoms with Gasteiger partial charge >= 0.3 is 10.4 Å². The zero-order valence-corrected chi connectivity index (χ0v) is 22.6. The van der Waals surface area contributed by atoms with E-state index in [-0.39, 0.29) is 58.9 Å². The van der Waals surface area contributed by atoms with E-state index in [1.54, 1.807) is 0 Å². The Morgan fingerprint density at radius 2 is 1.69 bits per heavy atom. The maximum atomic E-state index is 11.6. The molecule has 6 N–H and O–H groups in total. The third-order valence-corrected chi connectivity index (χ3v) is 11.8. The van der Waals surface area contributed by atoms with Crippen LogP contribution in [0.4, 0.5) is 0 Å². The van der Waals surface area contributed by atoms with Gasteiger partial charge in [0.25, 0.3) is 0 Å². The Bertz CT molecular complexity index is 883. The molecule has 4 rings (SSSR count). The molecule has 36 heavy (non-hydrogen) atoms. The topological polar surface area (TPSA) is 165 Å². The largest absolute Gasteiger partial charge is 0.397 e. The van der Waals surface area contributed by atoms with Crippen LogP contribution in [0.1, 0.15) is 78.6 Å². The lowest BCUT2D eigenvalue weighted by molar-refractivity contribution is -0.207. The molecule has 6 unspecified atom stereocenters. The maximum absolute atomic E-state index is 11.6. The van der Waals surface area contributed by atoms with E-state index in [9.17, 15) is 34.0 Å². The van der Waals surface area contributed by atoms with E-state index >= 15 is 0 Å². The molecular weight excluding hydrogens is 488 g/mol. The summed E-state index contributed by atoms with van der Waals surface area (Å²) in [6.07, 6.45) is 2.43. The predicted octanol–water partition coefficient (Wildman–Crippen LogP) is 1.91. The van der Waals surface area contributed by atoms with Crippen LogP contribution in [0.25, 0.3) is 0 Å². The molecule has 9 nitrogen and oxygen atoms in total. The van der Waals surface area contributed by atoms with Gasteiger partial charge in [-0.15, -0.1) is 0 Å². The summed E-state index contributed by atoms with van der Waals surface area (Å²) in [5.41, 5.74) is -0.350. The molecule has 4 aliphatic carbocycles. The molecule has 0 amide bonds. The molecule has 0 bridgehead atoms. The molecule has 0 aromatic carbocycles. The first kappa shape index (κ1) is 28.7. The van der Waals surface area contributed by atoms with Crippen molar-refractivity contribution in [2.24, 2.45) is 46.3 Å². The van der Waals surface area contributed by atoms with Crippen molar-refractivity contribution in [2.45, 2.75) is 109 Å². The predicted molar refractivity (Wildman–Crippen MR) is 132 cm³/mol. The van der Waals surface area contributed by atoms with E-state index in [1.807, 2.05) is 0 Å². The molecule has 0 aromatic heterocycles. The minimum absolute atomic E-state index is 0.0194. The summed E-state index contributed by atoms with van der Waals surface area (Å²) in [7, 11) is -4.79. The molecule has 0 spiro atoms. The fraction of sp³-hybridized carbons (Fsp3) is 1.00. The van der Waals surface area contributed by atoms with Crippen LogP contribution < -0.4 is 0 Å². The van der Waals surface area contributed by atoms with Crippen LogP contribution in [0, 0.1) is 46.3 Å². The molecule has 4 saturated carbocycles. The van der Waals surface area contributed by atoms with Crippen LogP contribution in [0.3, 0.4) is 0 Å². The van der Waals surface area contributed by atoms with Crippen molar-refractivity contribution in [3.8, 4) is 0 Å². The van der Waals surface area contributed by atoms with Crippen molar-refractivity contribution in [2.75, 3.05) is 6.61 Å². The SMILES string of the molecule is C[C@H](CC[C@@H](O)[C@@H](CO)OS(=O)(=O)O)C1CCC2C3C(O)CC4C[C@H](O)CC[C@]4(C)C3C[C@H](O)[C@@]21C. The van der Waals surface area contributed by atoms with Gasteiger partial charge in [0.2, 0.25) is 0 Å². The Morgan fingerprint density at radius 3 is 2.33 bits per heavy atom. The highest BCUT2D eigenvalue weighted by Crippen LogP contribution is 2.68. The lowest BCUT2D eigenvalue weighted by Gasteiger charge is -2.63. The van der Waals surface area contributed by atoms with Crippen molar-refractivity contribution in [1.82, 2.24) is 0 Å². The lowest BCUT2D eigenvalue weighted by Crippen LogP contribution is -2.62. The summed E-state index contributed by atoms with van der Waals surface area (Å²) in [6, 6.07) is 0. The first-order chi connectivity index (χ1) is 16.7. The Labute approximate surface area is 215 Å². The molecule has 13 atom stereocenters.